The standard InChI is InChI=1S/C15H22O2/c1-11-7-6-8-13(12(11)2)15(16)10-5-4-9-14(15)17-3/h6-8,14,16H,4-5,9-10H2,1-3H3. The van der Waals surface area contributed by atoms with E-state index in [9.17, 15) is 5.11 Å². The molecule has 1 N–H and O–H groups in total. The van der Waals surface area contributed by atoms with Crippen LogP contribution in [0.25, 0.3) is 0 Å². The summed E-state index contributed by atoms with van der Waals surface area (Å²) in [5.41, 5.74) is 2.67. The first-order valence-electron chi connectivity index (χ1n) is 6.41. The number of hydrogen-bond acceptors (Lipinski definition) is 2. The first-order valence-corrected chi connectivity index (χ1v) is 6.41. The Bertz CT molecular complexity index is 400. The van der Waals surface area contributed by atoms with Gasteiger partial charge in [0.25, 0.3) is 0 Å². The Morgan fingerprint density at radius 2 is 2.06 bits per heavy atom. The molecule has 17 heavy (non-hydrogen) atoms. The Morgan fingerprint density at radius 3 is 2.76 bits per heavy atom. The molecule has 1 aromatic carbocycles. The van der Waals surface area contributed by atoms with Gasteiger partial charge in [-0.05, 0) is 43.4 Å². The Kier molecular flexibility index (Phi) is 3.55. The molecule has 0 aliphatic heterocycles. The number of methoxy groups -OCH3 is 1. The molecule has 0 aromatic heterocycles. The van der Waals surface area contributed by atoms with Crippen molar-refractivity contribution in [3.63, 3.8) is 0 Å². The fraction of sp³-hybridized carbons (Fsp3) is 0.600. The van der Waals surface area contributed by atoms with E-state index in [0.717, 1.165) is 31.2 Å². The van der Waals surface area contributed by atoms with Gasteiger partial charge in [0.1, 0.15) is 5.60 Å². The molecule has 0 bridgehead atoms. The summed E-state index contributed by atoms with van der Waals surface area (Å²) in [4.78, 5) is 0. The maximum Gasteiger partial charge on any atom is 0.116 e. The van der Waals surface area contributed by atoms with Crippen molar-refractivity contribution in [1.29, 1.82) is 0 Å². The summed E-state index contributed by atoms with van der Waals surface area (Å²) < 4.78 is 5.51. The summed E-state index contributed by atoms with van der Waals surface area (Å²) in [6.45, 7) is 4.18. The van der Waals surface area contributed by atoms with Crippen LogP contribution in [-0.2, 0) is 10.3 Å². The molecule has 0 spiro atoms. The highest BCUT2D eigenvalue weighted by molar-refractivity contribution is 5.38. The highest BCUT2D eigenvalue weighted by Gasteiger charge is 2.41. The highest BCUT2D eigenvalue weighted by atomic mass is 16.5. The Balaban J connectivity index is 2.45. The van der Waals surface area contributed by atoms with Crippen LogP contribution in [0.15, 0.2) is 18.2 Å². The molecule has 2 unspecified atom stereocenters. The third-order valence-electron chi connectivity index (χ3n) is 4.16. The number of ether oxygens (including phenoxy) is 1. The maximum absolute atomic E-state index is 11.0. The monoisotopic (exact) mass is 234 g/mol. The van der Waals surface area contributed by atoms with Crippen molar-refractivity contribution in [2.24, 2.45) is 0 Å². The van der Waals surface area contributed by atoms with E-state index in [4.69, 9.17) is 4.74 Å². The van der Waals surface area contributed by atoms with Crippen LogP contribution in [0.3, 0.4) is 0 Å². The molecule has 94 valence electrons. The van der Waals surface area contributed by atoms with Gasteiger partial charge in [0.2, 0.25) is 0 Å². The van der Waals surface area contributed by atoms with Gasteiger partial charge in [0, 0.05) is 7.11 Å². The van der Waals surface area contributed by atoms with Crippen molar-refractivity contribution in [3.05, 3.63) is 34.9 Å². The second kappa shape index (κ2) is 4.79. The lowest BCUT2D eigenvalue weighted by molar-refractivity contribution is -0.123. The Morgan fingerprint density at radius 1 is 1.29 bits per heavy atom. The fourth-order valence-corrected chi connectivity index (χ4v) is 2.97. The van der Waals surface area contributed by atoms with Gasteiger partial charge in [-0.3, -0.25) is 0 Å². The lowest BCUT2D eigenvalue weighted by Gasteiger charge is -2.40. The Hall–Kier alpha value is -0.860. The number of rotatable bonds is 2. The van der Waals surface area contributed by atoms with Crippen LogP contribution >= 0.6 is 0 Å². The molecule has 2 nitrogen and oxygen atoms in total. The average molecular weight is 234 g/mol. The fourth-order valence-electron chi connectivity index (χ4n) is 2.97. The lowest BCUT2D eigenvalue weighted by Crippen LogP contribution is -2.43. The normalized spacial score (nSPS) is 29.3. The van der Waals surface area contributed by atoms with Crippen molar-refractivity contribution in [1.82, 2.24) is 0 Å². The maximum atomic E-state index is 11.0. The molecule has 1 aromatic rings. The minimum atomic E-state index is -0.802. The van der Waals surface area contributed by atoms with Crippen molar-refractivity contribution in [3.8, 4) is 0 Å². The van der Waals surface area contributed by atoms with Crippen LogP contribution < -0.4 is 0 Å². The zero-order valence-electron chi connectivity index (χ0n) is 11.0. The number of hydrogen-bond donors (Lipinski definition) is 1. The van der Waals surface area contributed by atoms with E-state index >= 15 is 0 Å². The van der Waals surface area contributed by atoms with Crippen molar-refractivity contribution < 1.29 is 9.84 Å². The number of aryl methyl sites for hydroxylation is 1. The van der Waals surface area contributed by atoms with Crippen LogP contribution in [0.4, 0.5) is 0 Å². The van der Waals surface area contributed by atoms with Gasteiger partial charge in [-0.15, -0.1) is 0 Å². The molecule has 0 saturated heterocycles. The molecule has 1 saturated carbocycles. The summed E-state index contributed by atoms with van der Waals surface area (Å²) >= 11 is 0. The quantitative estimate of drug-likeness (QED) is 0.852. The van der Waals surface area contributed by atoms with E-state index in [0.29, 0.717) is 0 Å². The van der Waals surface area contributed by atoms with Gasteiger partial charge in [-0.2, -0.15) is 0 Å². The Labute approximate surface area is 104 Å². The third kappa shape index (κ3) is 2.12. The van der Waals surface area contributed by atoms with Gasteiger partial charge in [-0.1, -0.05) is 31.0 Å². The summed E-state index contributed by atoms with van der Waals surface area (Å²) in [5, 5.41) is 11.0. The second-order valence-corrected chi connectivity index (χ2v) is 5.14. The van der Waals surface area contributed by atoms with Gasteiger partial charge < -0.3 is 9.84 Å². The SMILES string of the molecule is COC1CCCCC1(O)c1cccc(C)c1C. The molecule has 2 atom stereocenters. The topological polar surface area (TPSA) is 29.5 Å². The van der Waals surface area contributed by atoms with Gasteiger partial charge in [0.05, 0.1) is 6.10 Å². The average Bonchev–Trinajstić information content (AvgIpc) is 2.33. The van der Waals surface area contributed by atoms with E-state index in [2.05, 4.69) is 19.9 Å². The van der Waals surface area contributed by atoms with E-state index < -0.39 is 5.60 Å². The molecule has 0 heterocycles. The predicted octanol–water partition coefficient (Wildman–Crippen LogP) is 3.08. The molecule has 0 amide bonds. The molecule has 1 fully saturated rings. The number of benzene rings is 1. The molecule has 0 radical (unpaired) electrons. The van der Waals surface area contributed by atoms with E-state index in [1.54, 1.807) is 7.11 Å². The zero-order chi connectivity index (χ0) is 12.5. The van der Waals surface area contributed by atoms with Crippen LogP contribution in [0.2, 0.25) is 0 Å². The van der Waals surface area contributed by atoms with Crippen molar-refractivity contribution >= 4 is 0 Å². The molecular weight excluding hydrogens is 212 g/mol. The van der Waals surface area contributed by atoms with E-state index in [1.807, 2.05) is 12.1 Å². The van der Waals surface area contributed by atoms with Crippen LogP contribution in [0, 0.1) is 13.8 Å². The third-order valence-corrected chi connectivity index (χ3v) is 4.16. The van der Waals surface area contributed by atoms with Crippen molar-refractivity contribution in [2.75, 3.05) is 7.11 Å². The molecule has 2 heteroatoms. The van der Waals surface area contributed by atoms with Crippen LogP contribution in [0.1, 0.15) is 42.4 Å². The summed E-state index contributed by atoms with van der Waals surface area (Å²) in [6.07, 6.45) is 3.89. The van der Waals surface area contributed by atoms with Gasteiger partial charge >= 0.3 is 0 Å². The molecule has 2 rings (SSSR count). The first-order chi connectivity index (χ1) is 8.09. The minimum absolute atomic E-state index is 0.0725. The molecular formula is C15H22O2. The minimum Gasteiger partial charge on any atom is -0.382 e. The predicted molar refractivity (Wildman–Crippen MR) is 69.1 cm³/mol. The van der Waals surface area contributed by atoms with Crippen LogP contribution in [-0.4, -0.2) is 18.3 Å². The molecule has 1 aliphatic rings. The summed E-state index contributed by atoms with van der Waals surface area (Å²) in [7, 11) is 1.70. The largest absolute Gasteiger partial charge is 0.382 e. The van der Waals surface area contributed by atoms with Gasteiger partial charge in [-0.25, -0.2) is 0 Å². The molecule has 1 aliphatic carbocycles. The number of aliphatic hydroxyl groups is 1. The highest BCUT2D eigenvalue weighted by Crippen LogP contribution is 2.40. The van der Waals surface area contributed by atoms with E-state index in [-0.39, 0.29) is 6.10 Å². The van der Waals surface area contributed by atoms with Gasteiger partial charge in [0.15, 0.2) is 0 Å². The van der Waals surface area contributed by atoms with E-state index in [1.165, 1.54) is 11.1 Å². The van der Waals surface area contributed by atoms with Crippen molar-refractivity contribution in [2.45, 2.75) is 51.2 Å². The second-order valence-electron chi connectivity index (χ2n) is 5.14. The summed E-state index contributed by atoms with van der Waals surface area (Å²) in [5.74, 6) is 0. The lowest BCUT2D eigenvalue weighted by atomic mass is 9.75. The summed E-state index contributed by atoms with van der Waals surface area (Å²) in [6, 6.07) is 6.16. The smallest absolute Gasteiger partial charge is 0.116 e. The van der Waals surface area contributed by atoms with Crippen LogP contribution in [0.5, 0.6) is 0 Å². The first kappa shape index (κ1) is 12.6. The zero-order valence-corrected chi connectivity index (χ0v) is 11.0.